The number of hydrogen-bond acceptors (Lipinski definition) is 3. The van der Waals surface area contributed by atoms with Crippen LogP contribution in [0.5, 0.6) is 0 Å². The zero-order valence-electron chi connectivity index (χ0n) is 20.1. The maximum Gasteiger partial charge on any atom is 0.101 e. The normalized spacial score (nSPS) is 11.1. The summed E-state index contributed by atoms with van der Waals surface area (Å²) < 4.78 is 4.27. The summed E-state index contributed by atoms with van der Waals surface area (Å²) in [5.74, 6) is 0. The van der Waals surface area contributed by atoms with E-state index in [2.05, 4.69) is 63.7 Å². The minimum Gasteiger partial charge on any atom is -0.308 e. The maximum absolute atomic E-state index is 9.97. The van der Waals surface area contributed by atoms with E-state index in [0.29, 0.717) is 16.7 Å². The third-order valence-corrected chi connectivity index (χ3v) is 7.22. The average Bonchev–Trinajstić information content (AvgIpc) is 3.49. The van der Waals surface area contributed by atoms with Gasteiger partial charge in [-0.15, -0.1) is 0 Å². The lowest BCUT2D eigenvalue weighted by Crippen LogP contribution is -1.98. The number of nitrogens with zero attached hydrogens (tertiary/aromatic N) is 5. The fraction of sp³-hybridized carbons (Fsp3) is 0. The molecule has 5 heteroatoms. The fourth-order valence-corrected chi connectivity index (χ4v) is 5.69. The number of hydrogen-bond donors (Lipinski definition) is 0. The predicted octanol–water partition coefficient (Wildman–Crippen LogP) is 7.50. The Balaban J connectivity index is 1.70. The summed E-state index contributed by atoms with van der Waals surface area (Å²) in [6, 6.07) is 40.3. The van der Waals surface area contributed by atoms with Crippen molar-refractivity contribution in [2.45, 2.75) is 0 Å². The molecule has 5 nitrogen and oxygen atoms in total. The summed E-state index contributed by atoms with van der Waals surface area (Å²) in [4.78, 5) is 0. The van der Waals surface area contributed by atoms with E-state index in [4.69, 9.17) is 0 Å². The molecule has 0 amide bonds. The van der Waals surface area contributed by atoms with Gasteiger partial charge < -0.3 is 9.13 Å². The number of fused-ring (bicyclic) bond motifs is 7. The van der Waals surface area contributed by atoms with E-state index in [1.165, 1.54) is 0 Å². The van der Waals surface area contributed by atoms with Crippen molar-refractivity contribution in [1.82, 2.24) is 9.13 Å². The van der Waals surface area contributed by atoms with Gasteiger partial charge in [-0.3, -0.25) is 0 Å². The molecule has 0 saturated carbocycles. The number of aromatic nitrogens is 2. The first-order chi connectivity index (χ1) is 18.7. The molecule has 7 rings (SSSR count). The van der Waals surface area contributed by atoms with Crippen LogP contribution in [-0.2, 0) is 0 Å². The quantitative estimate of drug-likeness (QED) is 0.255. The van der Waals surface area contributed by atoms with Gasteiger partial charge in [-0.25, -0.2) is 0 Å². The van der Waals surface area contributed by atoms with Crippen LogP contribution in [-0.4, -0.2) is 9.13 Å². The zero-order valence-corrected chi connectivity index (χ0v) is 20.1. The highest BCUT2D eigenvalue weighted by molar-refractivity contribution is 6.29. The van der Waals surface area contributed by atoms with Crippen molar-refractivity contribution >= 4 is 43.6 Å². The van der Waals surface area contributed by atoms with E-state index in [9.17, 15) is 15.8 Å². The molecule has 174 valence electrons. The minimum absolute atomic E-state index is 0.442. The molecule has 0 atom stereocenters. The second kappa shape index (κ2) is 8.10. The molecule has 0 radical (unpaired) electrons. The summed E-state index contributed by atoms with van der Waals surface area (Å²) in [5.41, 5.74) is 7.04. The van der Waals surface area contributed by atoms with Crippen molar-refractivity contribution < 1.29 is 0 Å². The lowest BCUT2D eigenvalue weighted by molar-refractivity contribution is 1.16. The lowest BCUT2D eigenvalue weighted by atomic mass is 10.1. The van der Waals surface area contributed by atoms with Crippen LogP contribution in [0.1, 0.15) is 16.7 Å². The topological polar surface area (TPSA) is 81.2 Å². The van der Waals surface area contributed by atoms with Crippen LogP contribution in [0.25, 0.3) is 55.0 Å². The van der Waals surface area contributed by atoms with Crippen LogP contribution >= 0.6 is 0 Å². The van der Waals surface area contributed by atoms with E-state index in [1.54, 1.807) is 12.1 Å². The van der Waals surface area contributed by atoms with Gasteiger partial charge in [0.2, 0.25) is 0 Å². The van der Waals surface area contributed by atoms with Gasteiger partial charge >= 0.3 is 0 Å². The smallest absolute Gasteiger partial charge is 0.101 e. The monoisotopic (exact) mass is 483 g/mol. The van der Waals surface area contributed by atoms with Gasteiger partial charge in [0.15, 0.2) is 0 Å². The van der Waals surface area contributed by atoms with Crippen molar-refractivity contribution in [2.24, 2.45) is 0 Å². The van der Waals surface area contributed by atoms with Crippen LogP contribution in [0.2, 0.25) is 0 Å². The Morgan fingerprint density at radius 3 is 1.55 bits per heavy atom. The Hall–Kier alpha value is -5.83. The first kappa shape index (κ1) is 21.5. The number of nitriles is 3. The molecule has 5 aromatic carbocycles. The van der Waals surface area contributed by atoms with Crippen LogP contribution in [0.3, 0.4) is 0 Å². The maximum atomic E-state index is 9.97. The standard InChI is InChI=1S/C33H17N5/c34-18-21-13-14-27(23(17-21)20-36)38-29-12-6-3-9-25(29)33-31(38)16-15-30-32(33)24-8-2-5-11-28(24)37(30)26-10-4-1-7-22(26)19-35/h1-17H. The van der Waals surface area contributed by atoms with Gasteiger partial charge in [0.05, 0.1) is 56.2 Å². The molecular weight excluding hydrogens is 466 g/mol. The fourth-order valence-electron chi connectivity index (χ4n) is 5.69. The highest BCUT2D eigenvalue weighted by Crippen LogP contribution is 2.42. The largest absolute Gasteiger partial charge is 0.308 e. The van der Waals surface area contributed by atoms with Crippen LogP contribution in [0.15, 0.2) is 103 Å². The average molecular weight is 484 g/mol. The Bertz CT molecular complexity index is 2230. The zero-order chi connectivity index (χ0) is 25.8. The number of benzene rings is 5. The third-order valence-electron chi connectivity index (χ3n) is 7.22. The van der Waals surface area contributed by atoms with E-state index < -0.39 is 0 Å². The third kappa shape index (κ3) is 2.83. The Morgan fingerprint density at radius 1 is 0.447 bits per heavy atom. The first-order valence-corrected chi connectivity index (χ1v) is 12.1. The molecule has 0 fully saturated rings. The number of rotatable bonds is 2. The minimum atomic E-state index is 0.442. The molecular formula is C33H17N5. The van der Waals surface area contributed by atoms with Crippen LogP contribution in [0.4, 0.5) is 0 Å². The van der Waals surface area contributed by atoms with Crippen molar-refractivity contribution in [3.05, 3.63) is 120 Å². The molecule has 0 spiro atoms. The molecule has 0 unspecified atom stereocenters. The first-order valence-electron chi connectivity index (χ1n) is 12.1. The Kier molecular flexibility index (Phi) is 4.57. The van der Waals surface area contributed by atoms with Crippen molar-refractivity contribution in [3.8, 4) is 29.6 Å². The molecule has 0 aliphatic rings. The summed E-state index contributed by atoms with van der Waals surface area (Å²) in [6.07, 6.45) is 0. The molecule has 0 saturated heterocycles. The number of para-hydroxylation sites is 3. The Labute approximate surface area is 217 Å². The van der Waals surface area contributed by atoms with E-state index >= 15 is 0 Å². The van der Waals surface area contributed by atoms with E-state index in [-0.39, 0.29) is 0 Å². The summed E-state index contributed by atoms with van der Waals surface area (Å²) in [6.45, 7) is 0. The molecule has 2 aromatic heterocycles. The summed E-state index contributed by atoms with van der Waals surface area (Å²) in [7, 11) is 0. The van der Waals surface area contributed by atoms with E-state index in [0.717, 1.165) is 55.0 Å². The van der Waals surface area contributed by atoms with Gasteiger partial charge in [0.25, 0.3) is 0 Å². The second-order valence-electron chi connectivity index (χ2n) is 9.14. The lowest BCUT2D eigenvalue weighted by Gasteiger charge is -2.11. The molecule has 2 heterocycles. The second-order valence-corrected chi connectivity index (χ2v) is 9.14. The van der Waals surface area contributed by atoms with Gasteiger partial charge in [0, 0.05) is 21.5 Å². The molecule has 0 bridgehead atoms. The van der Waals surface area contributed by atoms with Gasteiger partial charge in [-0.05, 0) is 54.6 Å². The Morgan fingerprint density at radius 2 is 0.974 bits per heavy atom. The molecule has 0 aliphatic carbocycles. The van der Waals surface area contributed by atoms with Crippen LogP contribution in [0, 0.1) is 34.0 Å². The molecule has 38 heavy (non-hydrogen) atoms. The van der Waals surface area contributed by atoms with Gasteiger partial charge in [-0.1, -0.05) is 48.5 Å². The van der Waals surface area contributed by atoms with E-state index in [1.807, 2.05) is 54.6 Å². The molecule has 7 aromatic rings. The highest BCUT2D eigenvalue weighted by Gasteiger charge is 2.22. The predicted molar refractivity (Wildman–Crippen MR) is 149 cm³/mol. The summed E-state index contributed by atoms with van der Waals surface area (Å²) >= 11 is 0. The van der Waals surface area contributed by atoms with Crippen LogP contribution < -0.4 is 0 Å². The summed E-state index contributed by atoms with van der Waals surface area (Å²) in [5, 5.41) is 33.6. The van der Waals surface area contributed by atoms with Crippen molar-refractivity contribution in [3.63, 3.8) is 0 Å². The van der Waals surface area contributed by atoms with Crippen molar-refractivity contribution in [2.75, 3.05) is 0 Å². The van der Waals surface area contributed by atoms with Gasteiger partial charge in [-0.2, -0.15) is 15.8 Å². The van der Waals surface area contributed by atoms with Gasteiger partial charge in [0.1, 0.15) is 12.1 Å². The SMILES string of the molecule is N#Cc1ccc(-n2c3ccccc3c3c4c5ccccc5n(-c5ccccc5C#N)c4ccc32)c(C#N)c1. The van der Waals surface area contributed by atoms with Crippen molar-refractivity contribution in [1.29, 1.82) is 15.8 Å². The molecule has 0 N–H and O–H groups in total. The molecule has 0 aliphatic heterocycles. The highest BCUT2D eigenvalue weighted by atomic mass is 15.0.